The number of unbranched alkanes of at least 4 members (excludes halogenated alkanes) is 1. The number of tetrazole rings is 1. The summed E-state index contributed by atoms with van der Waals surface area (Å²) in [5.41, 5.74) is 2.83. The molecule has 0 saturated heterocycles. The van der Waals surface area contributed by atoms with Crippen LogP contribution in [-0.2, 0) is 17.8 Å². The fourth-order valence-corrected chi connectivity index (χ4v) is 2.62. The van der Waals surface area contributed by atoms with E-state index >= 15 is 0 Å². The molecular formula is C19H20ClN5O. The lowest BCUT2D eigenvalue weighted by Crippen LogP contribution is -2.20. The highest BCUT2D eigenvalue weighted by molar-refractivity contribution is 6.30. The number of carbonyl (C=O) groups excluding carboxylic acids is 1. The number of carbonyl (C=O) groups is 1. The molecule has 1 heterocycles. The summed E-state index contributed by atoms with van der Waals surface area (Å²) in [4.78, 5) is 13.4. The fraction of sp³-hybridized carbons (Fsp3) is 0.263. The minimum atomic E-state index is -0.202. The molecule has 3 rings (SSSR count). The summed E-state index contributed by atoms with van der Waals surface area (Å²) < 4.78 is 0. The number of anilines is 1. The van der Waals surface area contributed by atoms with Crippen LogP contribution in [0.4, 0.5) is 5.69 Å². The predicted octanol–water partition coefficient (Wildman–Crippen LogP) is 3.97. The number of nitrogens with zero attached hydrogens (tertiary/aromatic N) is 4. The van der Waals surface area contributed by atoms with E-state index in [1.807, 2.05) is 36.4 Å². The average molecular weight is 370 g/mol. The number of halogens is 1. The number of hydrogen-bond donors (Lipinski definition) is 1. The van der Waals surface area contributed by atoms with Crippen molar-refractivity contribution in [2.75, 3.05) is 5.32 Å². The SMILES string of the molecule is CCCCc1ccc(NC(=O)Cn2nnc(-c3ccc(Cl)cc3)n2)cc1. The van der Waals surface area contributed by atoms with Gasteiger partial charge in [-0.15, -0.1) is 10.2 Å². The Morgan fingerprint density at radius 1 is 1.12 bits per heavy atom. The molecule has 0 saturated carbocycles. The maximum atomic E-state index is 12.2. The van der Waals surface area contributed by atoms with Crippen LogP contribution in [0.5, 0.6) is 0 Å². The molecule has 0 atom stereocenters. The highest BCUT2D eigenvalue weighted by Crippen LogP contribution is 2.17. The first-order chi connectivity index (χ1) is 12.6. The van der Waals surface area contributed by atoms with E-state index in [2.05, 4.69) is 27.7 Å². The Morgan fingerprint density at radius 2 is 1.85 bits per heavy atom. The van der Waals surface area contributed by atoms with Crippen LogP contribution in [0.3, 0.4) is 0 Å². The Morgan fingerprint density at radius 3 is 2.54 bits per heavy atom. The van der Waals surface area contributed by atoms with Crippen molar-refractivity contribution in [3.8, 4) is 11.4 Å². The van der Waals surface area contributed by atoms with Gasteiger partial charge in [0.05, 0.1) is 0 Å². The van der Waals surface area contributed by atoms with Gasteiger partial charge >= 0.3 is 0 Å². The molecule has 7 heteroatoms. The molecule has 1 amide bonds. The molecule has 6 nitrogen and oxygen atoms in total. The minimum Gasteiger partial charge on any atom is -0.324 e. The van der Waals surface area contributed by atoms with Gasteiger partial charge in [0.25, 0.3) is 0 Å². The molecule has 0 aliphatic heterocycles. The van der Waals surface area contributed by atoms with Crippen LogP contribution in [0.2, 0.25) is 5.02 Å². The Hall–Kier alpha value is -2.73. The Balaban J connectivity index is 1.57. The zero-order chi connectivity index (χ0) is 18.4. The summed E-state index contributed by atoms with van der Waals surface area (Å²) in [5, 5.41) is 15.6. The van der Waals surface area contributed by atoms with Gasteiger partial charge in [0, 0.05) is 16.3 Å². The zero-order valence-electron chi connectivity index (χ0n) is 14.5. The van der Waals surface area contributed by atoms with Gasteiger partial charge in [0.2, 0.25) is 11.7 Å². The van der Waals surface area contributed by atoms with E-state index in [9.17, 15) is 4.79 Å². The van der Waals surface area contributed by atoms with Crippen molar-refractivity contribution in [2.45, 2.75) is 32.7 Å². The molecule has 0 aliphatic rings. The number of aryl methyl sites for hydroxylation is 1. The van der Waals surface area contributed by atoms with Crippen LogP contribution in [0.15, 0.2) is 48.5 Å². The van der Waals surface area contributed by atoms with Crippen LogP contribution in [0.1, 0.15) is 25.3 Å². The van der Waals surface area contributed by atoms with Crippen LogP contribution in [0.25, 0.3) is 11.4 Å². The summed E-state index contributed by atoms with van der Waals surface area (Å²) >= 11 is 5.87. The number of aromatic nitrogens is 4. The monoisotopic (exact) mass is 369 g/mol. The third-order valence-corrected chi connectivity index (χ3v) is 4.15. The highest BCUT2D eigenvalue weighted by atomic mass is 35.5. The summed E-state index contributed by atoms with van der Waals surface area (Å²) in [5.74, 6) is 0.251. The second kappa shape index (κ2) is 8.58. The van der Waals surface area contributed by atoms with Gasteiger partial charge in [-0.1, -0.05) is 37.1 Å². The molecule has 0 spiro atoms. The molecule has 2 aromatic carbocycles. The van der Waals surface area contributed by atoms with E-state index < -0.39 is 0 Å². The van der Waals surface area contributed by atoms with Crippen LogP contribution < -0.4 is 5.32 Å². The molecule has 0 bridgehead atoms. The first-order valence-electron chi connectivity index (χ1n) is 8.56. The van der Waals surface area contributed by atoms with Gasteiger partial charge < -0.3 is 5.32 Å². The molecule has 0 aliphatic carbocycles. The Kier molecular flexibility index (Phi) is 5.96. The average Bonchev–Trinajstić information content (AvgIpc) is 3.10. The lowest BCUT2D eigenvalue weighted by atomic mass is 10.1. The molecule has 3 aromatic rings. The summed E-state index contributed by atoms with van der Waals surface area (Å²) in [7, 11) is 0. The molecule has 26 heavy (non-hydrogen) atoms. The predicted molar refractivity (Wildman–Crippen MR) is 102 cm³/mol. The van der Waals surface area contributed by atoms with E-state index in [-0.39, 0.29) is 12.5 Å². The molecular weight excluding hydrogens is 350 g/mol. The molecule has 1 N–H and O–H groups in total. The Bertz CT molecular complexity index is 858. The normalized spacial score (nSPS) is 10.7. The highest BCUT2D eigenvalue weighted by Gasteiger charge is 2.09. The van der Waals surface area contributed by atoms with E-state index in [0.717, 1.165) is 17.7 Å². The first-order valence-corrected chi connectivity index (χ1v) is 8.94. The van der Waals surface area contributed by atoms with Crippen molar-refractivity contribution in [3.63, 3.8) is 0 Å². The van der Waals surface area contributed by atoms with Crippen molar-refractivity contribution in [1.82, 2.24) is 20.2 Å². The minimum absolute atomic E-state index is 0.00181. The van der Waals surface area contributed by atoms with E-state index in [0.29, 0.717) is 10.8 Å². The molecule has 134 valence electrons. The van der Waals surface area contributed by atoms with Crippen molar-refractivity contribution in [3.05, 3.63) is 59.1 Å². The second-order valence-electron chi connectivity index (χ2n) is 6.00. The van der Waals surface area contributed by atoms with Crippen molar-refractivity contribution in [1.29, 1.82) is 0 Å². The second-order valence-corrected chi connectivity index (χ2v) is 6.44. The van der Waals surface area contributed by atoms with Crippen molar-refractivity contribution < 1.29 is 4.79 Å². The van der Waals surface area contributed by atoms with Crippen molar-refractivity contribution in [2.24, 2.45) is 0 Å². The van der Waals surface area contributed by atoms with Crippen molar-refractivity contribution >= 4 is 23.2 Å². The fourth-order valence-electron chi connectivity index (χ4n) is 2.49. The van der Waals surface area contributed by atoms with Gasteiger partial charge in [-0.05, 0) is 60.0 Å². The van der Waals surface area contributed by atoms with Gasteiger partial charge in [0.15, 0.2) is 0 Å². The molecule has 0 radical (unpaired) electrons. The number of rotatable bonds is 7. The van der Waals surface area contributed by atoms with E-state index in [4.69, 9.17) is 11.6 Å². The lowest BCUT2D eigenvalue weighted by Gasteiger charge is -2.06. The summed E-state index contributed by atoms with van der Waals surface area (Å²) in [6, 6.07) is 15.0. The number of nitrogens with one attached hydrogen (secondary N) is 1. The number of hydrogen-bond acceptors (Lipinski definition) is 4. The largest absolute Gasteiger partial charge is 0.324 e. The number of benzene rings is 2. The number of amides is 1. The van der Waals surface area contributed by atoms with Crippen LogP contribution in [-0.4, -0.2) is 26.1 Å². The van der Waals surface area contributed by atoms with Gasteiger partial charge in [-0.3, -0.25) is 4.79 Å². The third-order valence-electron chi connectivity index (χ3n) is 3.90. The van der Waals surface area contributed by atoms with E-state index in [1.54, 1.807) is 12.1 Å². The topological polar surface area (TPSA) is 72.7 Å². The van der Waals surface area contributed by atoms with Gasteiger partial charge in [-0.25, -0.2) is 0 Å². The maximum absolute atomic E-state index is 12.2. The quantitative estimate of drug-likeness (QED) is 0.683. The van der Waals surface area contributed by atoms with Gasteiger partial charge in [0.1, 0.15) is 6.54 Å². The van der Waals surface area contributed by atoms with E-state index in [1.165, 1.54) is 23.2 Å². The van der Waals surface area contributed by atoms with Crippen LogP contribution >= 0.6 is 11.6 Å². The molecule has 1 aromatic heterocycles. The first kappa shape index (κ1) is 18.1. The zero-order valence-corrected chi connectivity index (χ0v) is 15.3. The standard InChI is InChI=1S/C19H20ClN5O/c1-2-3-4-14-5-11-17(12-6-14)21-18(26)13-25-23-19(22-24-25)15-7-9-16(20)10-8-15/h5-12H,2-4,13H2,1H3,(H,21,26). The Labute approximate surface area is 157 Å². The molecule has 0 unspecified atom stereocenters. The smallest absolute Gasteiger partial charge is 0.248 e. The lowest BCUT2D eigenvalue weighted by molar-refractivity contribution is -0.117. The summed E-state index contributed by atoms with van der Waals surface area (Å²) in [6.07, 6.45) is 3.39. The molecule has 0 fully saturated rings. The van der Waals surface area contributed by atoms with Crippen LogP contribution in [0, 0.1) is 0 Å². The maximum Gasteiger partial charge on any atom is 0.248 e. The van der Waals surface area contributed by atoms with Gasteiger partial charge in [-0.2, -0.15) is 4.80 Å². The summed E-state index contributed by atoms with van der Waals surface area (Å²) in [6.45, 7) is 2.17. The third kappa shape index (κ3) is 4.89.